The van der Waals surface area contributed by atoms with Crippen LogP contribution in [0.15, 0.2) is 65.8 Å². The average molecular weight is 677 g/mol. The number of aromatic nitrogens is 5. The quantitative estimate of drug-likeness (QED) is 0.275. The number of amides is 1. The van der Waals surface area contributed by atoms with Crippen LogP contribution < -0.4 is 21.9 Å². The topological polar surface area (TPSA) is 133 Å². The third-order valence-electron chi connectivity index (χ3n) is 6.74. The van der Waals surface area contributed by atoms with E-state index in [0.717, 1.165) is 36.9 Å². The fourth-order valence-electron chi connectivity index (χ4n) is 4.77. The summed E-state index contributed by atoms with van der Waals surface area (Å²) >= 11 is 12.3. The molecule has 2 atom stereocenters. The number of halogens is 5. The van der Waals surface area contributed by atoms with Crippen molar-refractivity contribution in [1.82, 2.24) is 29.9 Å². The summed E-state index contributed by atoms with van der Waals surface area (Å²) in [5, 5.41) is 14.8. The molecule has 0 fully saturated rings. The van der Waals surface area contributed by atoms with E-state index in [1.54, 1.807) is 35.3 Å². The van der Waals surface area contributed by atoms with Gasteiger partial charge in [-0.2, -0.15) is 0 Å². The molecule has 0 spiro atoms. The zero-order valence-corrected chi connectivity index (χ0v) is 26.2. The Balaban J connectivity index is 0.00000205. The van der Waals surface area contributed by atoms with Crippen molar-refractivity contribution in [3.63, 3.8) is 0 Å². The molecule has 0 saturated heterocycles. The molecule has 4 N–H and O–H groups in total. The van der Waals surface area contributed by atoms with Crippen molar-refractivity contribution in [1.29, 1.82) is 0 Å². The number of carbonyl (C=O) groups is 1. The molecule has 1 aliphatic heterocycles. The molecule has 4 aromatic rings. The van der Waals surface area contributed by atoms with Gasteiger partial charge in [0.05, 0.1) is 29.9 Å². The van der Waals surface area contributed by atoms with E-state index in [0.29, 0.717) is 28.5 Å². The molecule has 5 rings (SSSR count). The van der Waals surface area contributed by atoms with Crippen LogP contribution in [-0.2, 0) is 4.79 Å². The second-order valence-electron chi connectivity index (χ2n) is 9.38. The molecule has 0 aliphatic carbocycles. The van der Waals surface area contributed by atoms with Crippen LogP contribution in [0.25, 0.3) is 16.9 Å². The lowest BCUT2D eigenvalue weighted by Gasteiger charge is -2.22. The fourth-order valence-corrected chi connectivity index (χ4v) is 5.07. The van der Waals surface area contributed by atoms with Gasteiger partial charge in [-0.05, 0) is 48.7 Å². The Hall–Kier alpha value is -2.86. The van der Waals surface area contributed by atoms with Crippen molar-refractivity contribution < 1.29 is 4.79 Å². The highest BCUT2D eigenvalue weighted by molar-refractivity contribution is 6.31. The number of fused-ring (bicyclic) bond motifs is 2. The van der Waals surface area contributed by atoms with Gasteiger partial charge in [-0.3, -0.25) is 14.2 Å². The first-order chi connectivity index (χ1) is 18.9. The van der Waals surface area contributed by atoms with Crippen LogP contribution in [0.3, 0.4) is 0 Å². The molecule has 0 radical (unpaired) electrons. The highest BCUT2D eigenvalue weighted by Crippen LogP contribution is 2.30. The van der Waals surface area contributed by atoms with E-state index in [2.05, 4.69) is 25.9 Å². The van der Waals surface area contributed by atoms with Gasteiger partial charge in [-0.1, -0.05) is 53.4 Å². The SMILES string of the molecule is Cl.Cl.Cl.NC[C@H]1Nc2cccc(c2)[C@@H](n2cnc(-c3cc(Cl)ccc3-n3cc(Cl)nn3)cc2=O)CCCCCNC1=O. The molecule has 226 valence electrons. The summed E-state index contributed by atoms with van der Waals surface area (Å²) in [4.78, 5) is 30.8. The summed E-state index contributed by atoms with van der Waals surface area (Å²) in [6, 6.07) is 13.7. The molecule has 10 nitrogen and oxygen atoms in total. The van der Waals surface area contributed by atoms with E-state index in [1.807, 2.05) is 24.3 Å². The lowest BCUT2D eigenvalue weighted by Crippen LogP contribution is -2.44. The van der Waals surface area contributed by atoms with Gasteiger partial charge in [0, 0.05) is 35.4 Å². The number of nitrogens with one attached hydrogen (secondary N) is 2. The van der Waals surface area contributed by atoms with Gasteiger partial charge in [-0.15, -0.1) is 42.3 Å². The van der Waals surface area contributed by atoms with Crippen LogP contribution in [0, 0.1) is 0 Å². The highest BCUT2D eigenvalue weighted by Gasteiger charge is 2.21. The number of carbonyl (C=O) groups excluding carboxylic acids is 1. The second kappa shape index (κ2) is 16.1. The van der Waals surface area contributed by atoms with Gasteiger partial charge in [0.2, 0.25) is 5.91 Å². The molecule has 2 aromatic carbocycles. The molecular weight excluding hydrogens is 646 g/mol. The third-order valence-corrected chi connectivity index (χ3v) is 7.14. The van der Waals surface area contributed by atoms with Crippen LogP contribution in [0.5, 0.6) is 0 Å². The highest BCUT2D eigenvalue weighted by atomic mass is 35.5. The van der Waals surface area contributed by atoms with Crippen molar-refractivity contribution in [3.8, 4) is 16.9 Å². The summed E-state index contributed by atoms with van der Waals surface area (Å²) in [5.41, 5.74) is 9.08. The van der Waals surface area contributed by atoms with Crippen molar-refractivity contribution in [2.45, 2.75) is 37.8 Å². The smallest absolute Gasteiger partial charge is 0.254 e. The van der Waals surface area contributed by atoms with Crippen LogP contribution in [0.1, 0.15) is 37.3 Å². The first-order valence-corrected chi connectivity index (χ1v) is 13.5. The average Bonchev–Trinajstić information content (AvgIpc) is 3.37. The maximum absolute atomic E-state index is 13.6. The van der Waals surface area contributed by atoms with E-state index < -0.39 is 6.04 Å². The Labute approximate surface area is 271 Å². The summed E-state index contributed by atoms with van der Waals surface area (Å²) in [5.74, 6) is -0.122. The Bertz CT molecular complexity index is 1550. The first-order valence-electron chi connectivity index (χ1n) is 12.7. The lowest BCUT2D eigenvalue weighted by molar-refractivity contribution is -0.121. The van der Waals surface area contributed by atoms with Gasteiger partial charge < -0.3 is 16.4 Å². The second-order valence-corrected chi connectivity index (χ2v) is 10.2. The normalized spacial score (nSPS) is 17.0. The number of hydrogen-bond donors (Lipinski definition) is 3. The molecule has 2 aromatic heterocycles. The molecule has 1 aliphatic rings. The number of nitrogens with zero attached hydrogens (tertiary/aromatic N) is 5. The van der Waals surface area contributed by atoms with Crippen molar-refractivity contribution in [3.05, 3.63) is 87.1 Å². The van der Waals surface area contributed by atoms with Crippen LogP contribution in [-0.4, -0.2) is 49.6 Å². The largest absolute Gasteiger partial charge is 0.373 e. The Morgan fingerprint density at radius 1 is 1.00 bits per heavy atom. The van der Waals surface area contributed by atoms with E-state index in [1.165, 1.54) is 10.7 Å². The Kier molecular flexibility index (Phi) is 13.6. The number of anilines is 1. The summed E-state index contributed by atoms with van der Waals surface area (Å²) in [6.45, 7) is 0.741. The number of benzene rings is 2. The minimum Gasteiger partial charge on any atom is -0.373 e. The monoisotopic (exact) mass is 674 g/mol. The molecule has 1 amide bonds. The molecule has 42 heavy (non-hydrogen) atoms. The van der Waals surface area contributed by atoms with E-state index in [-0.39, 0.29) is 66.4 Å². The maximum atomic E-state index is 13.6. The number of nitrogens with two attached hydrogens (primary N) is 1. The molecule has 0 unspecified atom stereocenters. The molecule has 3 heterocycles. The van der Waals surface area contributed by atoms with Crippen molar-refractivity contribution in [2.75, 3.05) is 18.4 Å². The summed E-state index contributed by atoms with van der Waals surface area (Å²) < 4.78 is 3.17. The molecular formula is C27H31Cl5N8O2. The predicted molar refractivity (Wildman–Crippen MR) is 173 cm³/mol. The van der Waals surface area contributed by atoms with Crippen molar-refractivity contribution >= 4 is 72.0 Å². The molecule has 0 saturated carbocycles. The third kappa shape index (κ3) is 8.15. The standard InChI is InChI=1S/C27H28Cl2N8O2.3ClH/c28-18-8-9-24(37-15-25(29)34-35-37)20(12-18)21-13-26(38)36(16-32-21)23-7-2-1-3-10-31-27(39)22(14-30)33-19-6-4-5-17(23)11-19;;;/h4-6,8-9,11-13,15-16,22-23,33H,1-3,7,10,14,30H2,(H,31,39);3*1H/t22-,23+;;;/m1.../s1. The summed E-state index contributed by atoms with van der Waals surface area (Å²) in [7, 11) is 0. The van der Waals surface area contributed by atoms with Gasteiger partial charge in [-0.25, -0.2) is 9.67 Å². The van der Waals surface area contributed by atoms with Crippen molar-refractivity contribution in [2.24, 2.45) is 5.73 Å². The maximum Gasteiger partial charge on any atom is 0.254 e. The zero-order chi connectivity index (χ0) is 27.4. The number of hydrogen-bond acceptors (Lipinski definition) is 7. The Morgan fingerprint density at radius 2 is 1.81 bits per heavy atom. The van der Waals surface area contributed by atoms with Crippen LogP contribution in [0.2, 0.25) is 10.2 Å². The van der Waals surface area contributed by atoms with E-state index in [9.17, 15) is 9.59 Å². The van der Waals surface area contributed by atoms with Gasteiger partial charge in [0.25, 0.3) is 5.56 Å². The zero-order valence-electron chi connectivity index (χ0n) is 22.3. The van der Waals surface area contributed by atoms with Gasteiger partial charge in [0.15, 0.2) is 5.15 Å². The summed E-state index contributed by atoms with van der Waals surface area (Å²) in [6.07, 6.45) is 6.50. The number of rotatable bonds is 4. The Morgan fingerprint density at radius 3 is 2.52 bits per heavy atom. The fraction of sp³-hybridized carbons (Fsp3) is 0.296. The van der Waals surface area contributed by atoms with Crippen LogP contribution >= 0.6 is 60.4 Å². The minimum atomic E-state index is -0.546. The van der Waals surface area contributed by atoms with Gasteiger partial charge in [0.1, 0.15) is 6.04 Å². The molecule has 2 bridgehead atoms. The predicted octanol–water partition coefficient (Wildman–Crippen LogP) is 5.08. The van der Waals surface area contributed by atoms with Crippen LogP contribution in [0.4, 0.5) is 5.69 Å². The first kappa shape index (κ1) is 35.3. The van der Waals surface area contributed by atoms with E-state index in [4.69, 9.17) is 28.9 Å². The molecule has 15 heteroatoms. The lowest BCUT2D eigenvalue weighted by atomic mass is 9.99. The van der Waals surface area contributed by atoms with Gasteiger partial charge >= 0.3 is 0 Å². The van der Waals surface area contributed by atoms with E-state index >= 15 is 0 Å². The minimum absolute atomic E-state index is 0.